The lowest BCUT2D eigenvalue weighted by atomic mass is 9.94. The molecule has 1 heterocycles. The number of carbonyl (C=O) groups excluding carboxylic acids is 1. The Morgan fingerprint density at radius 2 is 2.00 bits per heavy atom. The Hall–Kier alpha value is -2.31. The number of carbonyl (C=O) groups is 1. The van der Waals surface area contributed by atoms with E-state index in [1.165, 1.54) is 0 Å². The van der Waals surface area contributed by atoms with Gasteiger partial charge in [0.1, 0.15) is 5.60 Å². The van der Waals surface area contributed by atoms with E-state index in [0.29, 0.717) is 12.0 Å². The summed E-state index contributed by atoms with van der Waals surface area (Å²) >= 11 is 0. The molecule has 0 bridgehead atoms. The second kappa shape index (κ2) is 5.99. The van der Waals surface area contributed by atoms with Crippen LogP contribution in [-0.2, 0) is 9.53 Å². The Kier molecular flexibility index (Phi) is 4.30. The van der Waals surface area contributed by atoms with E-state index in [4.69, 9.17) is 4.74 Å². The second-order valence-electron chi connectivity index (χ2n) is 5.56. The molecule has 0 aromatic heterocycles. The molecule has 1 aliphatic heterocycles. The highest BCUT2D eigenvalue weighted by molar-refractivity contribution is 5.94. The topological polar surface area (TPSA) is 26.3 Å². The van der Waals surface area contributed by atoms with Crippen LogP contribution in [0, 0.1) is 0 Å². The van der Waals surface area contributed by atoms with Crippen molar-refractivity contribution in [2.24, 2.45) is 0 Å². The number of allylic oxidation sites excluding steroid dienone is 1. The maximum Gasteiger partial charge on any atom is 0.335 e. The number of hydrogen-bond donors (Lipinski definition) is 0. The Bertz CT molecular complexity index is 654. The first-order valence-electron chi connectivity index (χ1n) is 7.02. The van der Waals surface area contributed by atoms with E-state index >= 15 is 0 Å². The van der Waals surface area contributed by atoms with Crippen LogP contribution in [0.1, 0.15) is 32.8 Å². The van der Waals surface area contributed by atoms with Crippen molar-refractivity contribution in [1.82, 2.24) is 0 Å². The third-order valence-electron chi connectivity index (χ3n) is 3.56. The summed E-state index contributed by atoms with van der Waals surface area (Å²) in [6, 6.07) is 10.1. The van der Waals surface area contributed by atoms with Crippen LogP contribution in [0.2, 0.25) is 0 Å². The molecule has 1 aliphatic rings. The highest BCUT2D eigenvalue weighted by Crippen LogP contribution is 2.34. The molecule has 0 saturated heterocycles. The molecule has 0 aliphatic carbocycles. The normalized spacial score (nSPS) is 16.2. The summed E-state index contributed by atoms with van der Waals surface area (Å²) in [5.74, 6) is -0.259. The fraction of sp³-hybridized carbons (Fsp3) is 0.263. The van der Waals surface area contributed by atoms with E-state index in [1.54, 1.807) is 6.08 Å². The monoisotopic (exact) mass is 280 g/mol. The predicted octanol–water partition coefficient (Wildman–Crippen LogP) is 4.45. The zero-order chi connectivity index (χ0) is 15.5. The Morgan fingerprint density at radius 1 is 1.33 bits per heavy atom. The van der Waals surface area contributed by atoms with E-state index in [-0.39, 0.29) is 5.97 Å². The van der Waals surface area contributed by atoms with E-state index in [9.17, 15) is 4.79 Å². The van der Waals surface area contributed by atoms with Crippen LogP contribution in [-0.4, -0.2) is 11.6 Å². The lowest BCUT2D eigenvalue weighted by Gasteiger charge is -2.18. The van der Waals surface area contributed by atoms with Crippen LogP contribution in [0.5, 0.6) is 0 Å². The molecule has 0 spiro atoms. The third-order valence-corrected chi connectivity index (χ3v) is 3.56. The molecule has 0 fully saturated rings. The van der Waals surface area contributed by atoms with Crippen molar-refractivity contribution in [3.8, 4) is 0 Å². The van der Waals surface area contributed by atoms with Crippen molar-refractivity contribution in [2.45, 2.75) is 32.8 Å². The quantitative estimate of drug-likeness (QED) is 0.462. The minimum absolute atomic E-state index is 0.259. The van der Waals surface area contributed by atoms with Crippen molar-refractivity contribution in [3.63, 3.8) is 0 Å². The van der Waals surface area contributed by atoms with Crippen molar-refractivity contribution in [2.75, 3.05) is 0 Å². The second-order valence-corrected chi connectivity index (χ2v) is 5.56. The molecule has 0 amide bonds. The number of hydrogen-bond acceptors (Lipinski definition) is 2. The smallest absolute Gasteiger partial charge is 0.335 e. The van der Waals surface area contributed by atoms with Crippen LogP contribution in [0.3, 0.4) is 0 Å². The maximum atomic E-state index is 11.9. The average molecular weight is 280 g/mol. The Labute approximate surface area is 126 Å². The Balaban J connectivity index is 2.46. The molecule has 0 unspecified atom stereocenters. The molecule has 0 atom stereocenters. The van der Waals surface area contributed by atoms with Crippen LogP contribution >= 0.6 is 0 Å². The lowest BCUT2D eigenvalue weighted by molar-refractivity contribution is -0.144. The van der Waals surface area contributed by atoms with Gasteiger partial charge in [-0.1, -0.05) is 36.4 Å². The van der Waals surface area contributed by atoms with Gasteiger partial charge in [0, 0.05) is 11.1 Å². The van der Waals surface area contributed by atoms with Gasteiger partial charge < -0.3 is 4.74 Å². The number of benzene rings is 1. The van der Waals surface area contributed by atoms with E-state index < -0.39 is 5.60 Å². The summed E-state index contributed by atoms with van der Waals surface area (Å²) in [4.78, 5) is 11.9. The molecule has 2 nitrogen and oxygen atoms in total. The van der Waals surface area contributed by atoms with Gasteiger partial charge >= 0.3 is 5.97 Å². The first kappa shape index (κ1) is 15.1. The summed E-state index contributed by atoms with van der Waals surface area (Å²) in [6.07, 6.45) is 4.10. The van der Waals surface area contributed by atoms with Gasteiger partial charge in [-0.15, -0.1) is 12.3 Å². The minimum atomic E-state index is -0.612. The van der Waals surface area contributed by atoms with Gasteiger partial charge in [0.2, 0.25) is 0 Å². The van der Waals surface area contributed by atoms with Crippen LogP contribution in [0.25, 0.3) is 5.57 Å². The summed E-state index contributed by atoms with van der Waals surface area (Å²) in [6.45, 7) is 9.50. The first-order valence-corrected chi connectivity index (χ1v) is 7.02. The van der Waals surface area contributed by atoms with E-state index in [1.807, 2.05) is 57.2 Å². The highest BCUT2D eigenvalue weighted by Gasteiger charge is 2.38. The maximum absolute atomic E-state index is 11.9. The van der Waals surface area contributed by atoms with Crippen molar-refractivity contribution in [1.29, 1.82) is 0 Å². The molecule has 0 radical (unpaired) electrons. The number of esters is 1. The third kappa shape index (κ3) is 3.24. The van der Waals surface area contributed by atoms with Crippen molar-refractivity contribution < 1.29 is 9.53 Å². The lowest BCUT2D eigenvalue weighted by Crippen LogP contribution is -2.22. The van der Waals surface area contributed by atoms with E-state index in [2.05, 4.69) is 12.3 Å². The summed E-state index contributed by atoms with van der Waals surface area (Å²) in [5, 5.41) is 0. The first-order chi connectivity index (χ1) is 9.95. The van der Waals surface area contributed by atoms with Crippen LogP contribution in [0.4, 0.5) is 0 Å². The van der Waals surface area contributed by atoms with Gasteiger partial charge in [-0.25, -0.2) is 4.79 Å². The largest absolute Gasteiger partial charge is 0.451 e. The fourth-order valence-electron chi connectivity index (χ4n) is 2.37. The molecule has 108 valence electrons. The highest BCUT2D eigenvalue weighted by atomic mass is 16.6. The molecule has 0 N–H and O–H groups in total. The number of cyclic esters (lactones) is 1. The van der Waals surface area contributed by atoms with Gasteiger partial charge in [-0.2, -0.15) is 0 Å². The zero-order valence-electron chi connectivity index (χ0n) is 12.8. The summed E-state index contributed by atoms with van der Waals surface area (Å²) in [5.41, 5.74) is 6.35. The molecule has 2 rings (SSSR count). The molecule has 21 heavy (non-hydrogen) atoms. The summed E-state index contributed by atoms with van der Waals surface area (Å²) in [7, 11) is 0. The summed E-state index contributed by atoms with van der Waals surface area (Å²) < 4.78 is 5.42. The molecule has 0 saturated carbocycles. The van der Waals surface area contributed by atoms with Gasteiger partial charge in [0.25, 0.3) is 0 Å². The number of rotatable bonds is 4. The fourth-order valence-corrected chi connectivity index (χ4v) is 2.37. The van der Waals surface area contributed by atoms with Crippen molar-refractivity contribution in [3.05, 3.63) is 71.5 Å². The van der Waals surface area contributed by atoms with E-state index in [0.717, 1.165) is 16.7 Å². The average Bonchev–Trinajstić information content (AvgIpc) is 2.67. The molecule has 2 heteroatoms. The zero-order valence-corrected chi connectivity index (χ0v) is 12.8. The van der Waals surface area contributed by atoms with Gasteiger partial charge in [-0.3, -0.25) is 0 Å². The van der Waals surface area contributed by atoms with Gasteiger partial charge in [-0.05, 0) is 44.4 Å². The predicted molar refractivity (Wildman–Crippen MR) is 85.6 cm³/mol. The SMILES string of the molecule is C=CCC1=C(C=C=C(C)c2ccccc2)C(C)(C)OC1=O. The standard InChI is InChI=1S/C19H20O2/c1-5-9-16-17(19(3,4)21-18(16)20)13-12-14(2)15-10-7-6-8-11-15/h5-8,10-11,13H,1,9H2,2-4H3. The van der Waals surface area contributed by atoms with Crippen LogP contribution in [0.15, 0.2) is 65.9 Å². The van der Waals surface area contributed by atoms with Gasteiger partial charge in [0.05, 0.1) is 0 Å². The number of ether oxygens (including phenoxy) is 1. The molecule has 1 aromatic carbocycles. The van der Waals surface area contributed by atoms with Crippen molar-refractivity contribution >= 4 is 11.5 Å². The Morgan fingerprint density at radius 3 is 2.62 bits per heavy atom. The molecule has 1 aromatic rings. The van der Waals surface area contributed by atoms with Gasteiger partial charge in [0.15, 0.2) is 0 Å². The molecular formula is C19H20O2. The minimum Gasteiger partial charge on any atom is -0.451 e. The molecular weight excluding hydrogens is 260 g/mol. The van der Waals surface area contributed by atoms with Crippen LogP contribution < -0.4 is 0 Å².